The lowest BCUT2D eigenvalue weighted by Gasteiger charge is -2.19. The lowest BCUT2D eigenvalue weighted by atomic mass is 10.0. The summed E-state index contributed by atoms with van der Waals surface area (Å²) in [4.78, 5) is 28.5. The van der Waals surface area contributed by atoms with Crippen LogP contribution in [0.3, 0.4) is 0 Å². The Hall–Kier alpha value is -3.22. The average molecular weight is 349 g/mol. The Labute approximate surface area is 150 Å². The molecule has 1 saturated carbocycles. The van der Waals surface area contributed by atoms with E-state index in [9.17, 15) is 9.59 Å². The Morgan fingerprint density at radius 3 is 2.65 bits per heavy atom. The molecular formula is C19H19N5O2. The number of rotatable bonds is 5. The number of nitrogens with two attached hydrogens (primary N) is 1. The molecule has 3 atom stereocenters. The van der Waals surface area contributed by atoms with Crippen LogP contribution in [-0.2, 0) is 0 Å². The zero-order valence-electron chi connectivity index (χ0n) is 14.3. The van der Waals surface area contributed by atoms with E-state index in [2.05, 4.69) is 22.3 Å². The van der Waals surface area contributed by atoms with E-state index >= 15 is 0 Å². The van der Waals surface area contributed by atoms with Crippen molar-refractivity contribution < 1.29 is 9.59 Å². The number of nitrogens with one attached hydrogen (secondary N) is 1. The summed E-state index contributed by atoms with van der Waals surface area (Å²) in [6.45, 7) is 2.18. The maximum Gasteiger partial charge on any atom is 0.270 e. The van der Waals surface area contributed by atoms with Crippen LogP contribution in [0, 0.1) is 11.8 Å². The van der Waals surface area contributed by atoms with Crippen LogP contribution in [0.1, 0.15) is 45.8 Å². The summed E-state index contributed by atoms with van der Waals surface area (Å²) in [5.74, 6) is 0.102. The molecule has 1 fully saturated rings. The second-order valence-corrected chi connectivity index (χ2v) is 6.73. The van der Waals surface area contributed by atoms with Gasteiger partial charge in [-0.3, -0.25) is 9.59 Å². The zero-order valence-corrected chi connectivity index (χ0v) is 14.3. The smallest absolute Gasteiger partial charge is 0.270 e. The molecule has 0 spiro atoms. The summed E-state index contributed by atoms with van der Waals surface area (Å²) < 4.78 is 1.35. The number of hydrogen-bond donors (Lipinski definition) is 2. The molecule has 3 N–H and O–H groups in total. The first kappa shape index (κ1) is 16.3. The number of primary amides is 1. The van der Waals surface area contributed by atoms with Crippen LogP contribution < -0.4 is 11.1 Å². The highest BCUT2D eigenvalue weighted by Gasteiger charge is 2.41. The third-order valence-corrected chi connectivity index (χ3v) is 4.94. The molecule has 0 radical (unpaired) electrons. The van der Waals surface area contributed by atoms with Gasteiger partial charge in [-0.15, -0.1) is 0 Å². The maximum absolute atomic E-state index is 12.9. The SMILES string of the molecule is C[C@@H]1C[C@@H]1[C@@H](NC(=O)c1ccnc2c(C(N)=O)cnn12)c1ccccc1. The highest BCUT2D eigenvalue weighted by atomic mass is 16.2. The molecule has 2 amide bonds. The van der Waals surface area contributed by atoms with Gasteiger partial charge in [0.25, 0.3) is 11.8 Å². The van der Waals surface area contributed by atoms with Crippen molar-refractivity contribution in [1.82, 2.24) is 19.9 Å². The van der Waals surface area contributed by atoms with Gasteiger partial charge in [-0.1, -0.05) is 37.3 Å². The van der Waals surface area contributed by atoms with Gasteiger partial charge < -0.3 is 11.1 Å². The zero-order chi connectivity index (χ0) is 18.3. The van der Waals surface area contributed by atoms with Crippen molar-refractivity contribution in [2.75, 3.05) is 0 Å². The normalized spacial score (nSPS) is 19.9. The van der Waals surface area contributed by atoms with Gasteiger partial charge in [0.05, 0.1) is 12.2 Å². The number of carbonyl (C=O) groups is 2. The summed E-state index contributed by atoms with van der Waals surface area (Å²) in [5, 5.41) is 7.24. The molecule has 1 aromatic carbocycles. The maximum atomic E-state index is 12.9. The van der Waals surface area contributed by atoms with Gasteiger partial charge in [0.2, 0.25) is 0 Å². The van der Waals surface area contributed by atoms with E-state index in [1.165, 1.54) is 16.9 Å². The summed E-state index contributed by atoms with van der Waals surface area (Å²) in [7, 11) is 0. The molecule has 26 heavy (non-hydrogen) atoms. The third-order valence-electron chi connectivity index (χ3n) is 4.94. The van der Waals surface area contributed by atoms with Crippen LogP contribution in [0.4, 0.5) is 0 Å². The first-order valence-electron chi connectivity index (χ1n) is 8.54. The molecule has 7 nitrogen and oxygen atoms in total. The lowest BCUT2D eigenvalue weighted by molar-refractivity contribution is 0.0921. The van der Waals surface area contributed by atoms with Crippen molar-refractivity contribution >= 4 is 17.5 Å². The minimum absolute atomic E-state index is 0.0620. The number of carbonyl (C=O) groups excluding carboxylic acids is 2. The van der Waals surface area contributed by atoms with Gasteiger partial charge in [-0.05, 0) is 29.9 Å². The standard InChI is InChI=1S/C19H19N5O2/c1-11-9-13(11)16(12-5-3-2-4-6-12)23-19(26)15-7-8-21-18-14(17(20)25)10-22-24(15)18/h2-8,10-11,13,16H,9H2,1H3,(H2,20,25)(H,23,26)/t11-,13+,16+/m1/s1. The summed E-state index contributed by atoms with van der Waals surface area (Å²) in [5.41, 5.74) is 7.21. The molecular weight excluding hydrogens is 330 g/mol. The number of benzene rings is 1. The van der Waals surface area contributed by atoms with E-state index in [1.807, 2.05) is 30.3 Å². The van der Waals surface area contributed by atoms with Gasteiger partial charge in [-0.2, -0.15) is 5.10 Å². The fourth-order valence-corrected chi connectivity index (χ4v) is 3.37. The summed E-state index contributed by atoms with van der Waals surface area (Å²) in [6.07, 6.45) is 3.90. The van der Waals surface area contributed by atoms with Crippen molar-refractivity contribution in [3.05, 3.63) is 65.6 Å². The fraction of sp³-hybridized carbons (Fsp3) is 0.263. The van der Waals surface area contributed by atoms with Gasteiger partial charge in [0.1, 0.15) is 11.3 Å². The molecule has 7 heteroatoms. The fourth-order valence-electron chi connectivity index (χ4n) is 3.37. The quantitative estimate of drug-likeness (QED) is 0.735. The Morgan fingerprint density at radius 2 is 2.00 bits per heavy atom. The molecule has 1 aliphatic rings. The van der Waals surface area contributed by atoms with Crippen molar-refractivity contribution in [3.8, 4) is 0 Å². The number of aromatic nitrogens is 3. The molecule has 2 aromatic heterocycles. The second kappa shape index (κ2) is 6.25. The first-order chi connectivity index (χ1) is 12.6. The highest BCUT2D eigenvalue weighted by Crippen LogP contribution is 2.47. The largest absolute Gasteiger partial charge is 0.365 e. The van der Waals surface area contributed by atoms with Crippen LogP contribution in [0.15, 0.2) is 48.8 Å². The molecule has 2 heterocycles. The number of amides is 2. The van der Waals surface area contributed by atoms with E-state index in [4.69, 9.17) is 5.73 Å². The van der Waals surface area contributed by atoms with Crippen LogP contribution >= 0.6 is 0 Å². The predicted molar refractivity (Wildman–Crippen MR) is 95.4 cm³/mol. The molecule has 3 aromatic rings. The molecule has 4 rings (SSSR count). The van der Waals surface area contributed by atoms with E-state index < -0.39 is 5.91 Å². The van der Waals surface area contributed by atoms with E-state index in [0.29, 0.717) is 17.5 Å². The Balaban J connectivity index is 1.67. The van der Waals surface area contributed by atoms with Crippen LogP contribution in [0.5, 0.6) is 0 Å². The molecule has 1 aliphatic carbocycles. The average Bonchev–Trinajstić information content (AvgIpc) is 3.19. The second-order valence-electron chi connectivity index (χ2n) is 6.73. The molecule has 0 aliphatic heterocycles. The van der Waals surface area contributed by atoms with E-state index in [-0.39, 0.29) is 23.2 Å². The van der Waals surface area contributed by atoms with E-state index in [0.717, 1.165) is 12.0 Å². The van der Waals surface area contributed by atoms with Gasteiger partial charge >= 0.3 is 0 Å². The topological polar surface area (TPSA) is 102 Å². The Bertz CT molecular complexity index is 982. The summed E-state index contributed by atoms with van der Waals surface area (Å²) in [6, 6.07) is 11.5. The summed E-state index contributed by atoms with van der Waals surface area (Å²) >= 11 is 0. The van der Waals surface area contributed by atoms with E-state index in [1.54, 1.807) is 6.07 Å². The van der Waals surface area contributed by atoms with Crippen molar-refractivity contribution in [2.24, 2.45) is 17.6 Å². The minimum Gasteiger partial charge on any atom is -0.365 e. The molecule has 0 bridgehead atoms. The highest BCUT2D eigenvalue weighted by molar-refractivity contribution is 5.99. The predicted octanol–water partition coefficient (Wildman–Crippen LogP) is 1.96. The van der Waals surface area contributed by atoms with Crippen LogP contribution in [-0.4, -0.2) is 26.4 Å². The molecule has 132 valence electrons. The van der Waals surface area contributed by atoms with Crippen LogP contribution in [0.2, 0.25) is 0 Å². The Morgan fingerprint density at radius 1 is 1.27 bits per heavy atom. The number of nitrogens with zero attached hydrogens (tertiary/aromatic N) is 3. The van der Waals surface area contributed by atoms with Gasteiger partial charge in [-0.25, -0.2) is 9.50 Å². The van der Waals surface area contributed by atoms with Gasteiger partial charge in [0, 0.05) is 6.20 Å². The van der Waals surface area contributed by atoms with Crippen molar-refractivity contribution in [1.29, 1.82) is 0 Å². The van der Waals surface area contributed by atoms with Crippen molar-refractivity contribution in [3.63, 3.8) is 0 Å². The van der Waals surface area contributed by atoms with Crippen LogP contribution in [0.25, 0.3) is 5.65 Å². The number of hydrogen-bond acceptors (Lipinski definition) is 4. The van der Waals surface area contributed by atoms with Gasteiger partial charge in [0.15, 0.2) is 5.65 Å². The van der Waals surface area contributed by atoms with Crippen molar-refractivity contribution in [2.45, 2.75) is 19.4 Å². The molecule has 0 unspecified atom stereocenters. The first-order valence-corrected chi connectivity index (χ1v) is 8.54. The monoisotopic (exact) mass is 349 g/mol. The minimum atomic E-state index is -0.626. The lowest BCUT2D eigenvalue weighted by Crippen LogP contribution is -2.31. The third kappa shape index (κ3) is 2.81. The number of fused-ring (bicyclic) bond motifs is 1. The molecule has 0 saturated heterocycles. The Kier molecular flexibility index (Phi) is 3.91.